The Bertz CT molecular complexity index is 121. The number of nitrogens with one attached hydrogen (secondary N) is 2. The van der Waals surface area contributed by atoms with Crippen LogP contribution in [0.2, 0.25) is 0 Å². The zero-order valence-electron chi connectivity index (χ0n) is 8.61. The molecule has 0 fully saturated rings. The van der Waals surface area contributed by atoms with Crippen molar-refractivity contribution in [2.45, 2.75) is 32.2 Å². The Morgan fingerprint density at radius 3 is 2.42 bits per heavy atom. The van der Waals surface area contributed by atoms with Crippen LogP contribution in [0.25, 0.3) is 0 Å². The summed E-state index contributed by atoms with van der Waals surface area (Å²) < 4.78 is 0. The molecule has 0 aliphatic rings. The molecule has 2 N–H and O–H groups in total. The van der Waals surface area contributed by atoms with Crippen molar-refractivity contribution in [1.82, 2.24) is 10.6 Å². The molecule has 0 heterocycles. The molecule has 0 aromatic heterocycles. The Morgan fingerprint density at radius 2 is 2.00 bits per heavy atom. The molecule has 0 spiro atoms. The van der Waals surface area contributed by atoms with Gasteiger partial charge in [-0.2, -0.15) is 0 Å². The van der Waals surface area contributed by atoms with Crippen LogP contribution in [0.4, 0.5) is 0 Å². The summed E-state index contributed by atoms with van der Waals surface area (Å²) in [6.45, 7) is 7.15. The maximum Gasteiger partial charge on any atom is 0.0271 e. The Morgan fingerprint density at radius 1 is 1.33 bits per heavy atom. The Balaban J connectivity index is 3.38. The summed E-state index contributed by atoms with van der Waals surface area (Å²) in [6.07, 6.45) is 3.72. The maximum absolute atomic E-state index is 3.95. The first-order chi connectivity index (χ1) is 5.72. The number of hydrogen-bond acceptors (Lipinski definition) is 2. The van der Waals surface area contributed by atoms with Crippen molar-refractivity contribution >= 4 is 0 Å². The second-order valence-corrected chi connectivity index (χ2v) is 3.29. The van der Waals surface area contributed by atoms with E-state index in [0.29, 0.717) is 6.04 Å². The van der Waals surface area contributed by atoms with Gasteiger partial charge in [0.1, 0.15) is 0 Å². The van der Waals surface area contributed by atoms with E-state index < -0.39 is 0 Å². The third kappa shape index (κ3) is 5.33. The van der Waals surface area contributed by atoms with Gasteiger partial charge in [0.2, 0.25) is 0 Å². The summed E-state index contributed by atoms with van der Waals surface area (Å²) in [5.41, 5.74) is 1.24. The van der Waals surface area contributed by atoms with Crippen molar-refractivity contribution < 1.29 is 0 Å². The minimum atomic E-state index is 0.502. The summed E-state index contributed by atoms with van der Waals surface area (Å²) in [6, 6.07) is 0.502. The topological polar surface area (TPSA) is 24.1 Å². The summed E-state index contributed by atoms with van der Waals surface area (Å²) >= 11 is 0. The lowest BCUT2D eigenvalue weighted by Crippen LogP contribution is -2.26. The first-order valence-electron chi connectivity index (χ1n) is 4.69. The Hall–Kier alpha value is -0.340. The fourth-order valence-electron chi connectivity index (χ4n) is 1.29. The van der Waals surface area contributed by atoms with E-state index in [1.165, 1.54) is 24.8 Å². The molecule has 1 unspecified atom stereocenters. The molecule has 0 aromatic carbocycles. The van der Waals surface area contributed by atoms with Gasteiger partial charge in [-0.15, -0.1) is 0 Å². The predicted octanol–water partition coefficient (Wildman–Crippen LogP) is 1.54. The lowest BCUT2D eigenvalue weighted by Gasteiger charge is -2.15. The van der Waals surface area contributed by atoms with Crippen LogP contribution in [0.5, 0.6) is 0 Å². The summed E-state index contributed by atoms with van der Waals surface area (Å²) in [7, 11) is 3.99. The summed E-state index contributed by atoms with van der Waals surface area (Å²) in [4.78, 5) is 0. The lowest BCUT2D eigenvalue weighted by molar-refractivity contribution is 0.540. The predicted molar refractivity (Wildman–Crippen MR) is 55.4 cm³/mol. The number of likely N-dealkylation sites (N-methyl/N-ethyl adjacent to an activating group) is 1. The van der Waals surface area contributed by atoms with E-state index in [2.05, 4.69) is 24.1 Å². The Kier molecular flexibility index (Phi) is 7.11. The molecule has 12 heavy (non-hydrogen) atoms. The van der Waals surface area contributed by atoms with Gasteiger partial charge >= 0.3 is 0 Å². The van der Waals surface area contributed by atoms with Gasteiger partial charge in [-0.05, 0) is 40.4 Å². The smallest absolute Gasteiger partial charge is 0.0271 e. The second kappa shape index (κ2) is 7.32. The number of rotatable bonds is 7. The lowest BCUT2D eigenvalue weighted by atomic mass is 10.0. The normalized spacial score (nSPS) is 12.9. The van der Waals surface area contributed by atoms with Gasteiger partial charge < -0.3 is 10.6 Å². The van der Waals surface area contributed by atoms with E-state index in [9.17, 15) is 0 Å². The van der Waals surface area contributed by atoms with Crippen molar-refractivity contribution in [3.05, 3.63) is 12.2 Å². The van der Waals surface area contributed by atoms with E-state index in [1.54, 1.807) is 0 Å². The molecule has 0 amide bonds. The maximum atomic E-state index is 3.95. The monoisotopic (exact) mass is 170 g/mol. The molecular formula is C10H22N2. The molecule has 0 saturated heterocycles. The Labute approximate surface area is 76.4 Å². The van der Waals surface area contributed by atoms with Crippen molar-refractivity contribution in [1.29, 1.82) is 0 Å². The van der Waals surface area contributed by atoms with Crippen molar-refractivity contribution in [2.75, 3.05) is 20.6 Å². The van der Waals surface area contributed by atoms with Crippen molar-refractivity contribution in [3.8, 4) is 0 Å². The molecule has 0 radical (unpaired) electrons. The van der Waals surface area contributed by atoms with Crippen molar-refractivity contribution in [2.24, 2.45) is 0 Å². The molecule has 0 aliphatic heterocycles. The van der Waals surface area contributed by atoms with Gasteiger partial charge in [-0.3, -0.25) is 0 Å². The van der Waals surface area contributed by atoms with E-state index >= 15 is 0 Å². The van der Waals surface area contributed by atoms with Crippen LogP contribution in [-0.4, -0.2) is 26.7 Å². The number of unbranched alkanes of at least 4 members (excludes halogenated alkanes) is 1. The van der Waals surface area contributed by atoms with E-state index in [1.807, 2.05) is 14.1 Å². The third-order valence-corrected chi connectivity index (χ3v) is 2.11. The summed E-state index contributed by atoms with van der Waals surface area (Å²) in [5.74, 6) is 0. The molecule has 0 saturated carbocycles. The van der Waals surface area contributed by atoms with E-state index in [0.717, 1.165) is 6.54 Å². The molecule has 0 rings (SSSR count). The van der Waals surface area contributed by atoms with Crippen LogP contribution in [0.15, 0.2) is 12.2 Å². The molecule has 2 nitrogen and oxygen atoms in total. The van der Waals surface area contributed by atoms with Crippen LogP contribution >= 0.6 is 0 Å². The SMILES string of the molecule is C=C(C)C(CCCCNC)NC. The highest BCUT2D eigenvalue weighted by atomic mass is 14.9. The van der Waals surface area contributed by atoms with E-state index in [-0.39, 0.29) is 0 Å². The minimum Gasteiger partial charge on any atom is -0.320 e. The largest absolute Gasteiger partial charge is 0.320 e. The quantitative estimate of drug-likeness (QED) is 0.447. The van der Waals surface area contributed by atoms with Crippen LogP contribution < -0.4 is 10.6 Å². The molecule has 0 bridgehead atoms. The van der Waals surface area contributed by atoms with Gasteiger partial charge in [0.05, 0.1) is 0 Å². The highest BCUT2D eigenvalue weighted by Crippen LogP contribution is 2.06. The first kappa shape index (κ1) is 11.7. The minimum absolute atomic E-state index is 0.502. The zero-order chi connectivity index (χ0) is 9.40. The third-order valence-electron chi connectivity index (χ3n) is 2.11. The van der Waals surface area contributed by atoms with Crippen LogP contribution in [-0.2, 0) is 0 Å². The fourth-order valence-corrected chi connectivity index (χ4v) is 1.29. The molecule has 0 aromatic rings. The second-order valence-electron chi connectivity index (χ2n) is 3.29. The molecule has 1 atom stereocenters. The van der Waals surface area contributed by atoms with Crippen molar-refractivity contribution in [3.63, 3.8) is 0 Å². The average Bonchev–Trinajstić information content (AvgIpc) is 2.04. The van der Waals surface area contributed by atoms with Crippen LogP contribution in [0.1, 0.15) is 26.2 Å². The van der Waals surface area contributed by atoms with Gasteiger partial charge in [0.15, 0.2) is 0 Å². The van der Waals surface area contributed by atoms with Gasteiger partial charge in [-0.25, -0.2) is 0 Å². The van der Waals surface area contributed by atoms with E-state index in [4.69, 9.17) is 0 Å². The van der Waals surface area contributed by atoms with Gasteiger partial charge in [-0.1, -0.05) is 18.6 Å². The summed E-state index contributed by atoms with van der Waals surface area (Å²) in [5, 5.41) is 6.40. The van der Waals surface area contributed by atoms with Crippen LogP contribution in [0.3, 0.4) is 0 Å². The molecule has 72 valence electrons. The zero-order valence-corrected chi connectivity index (χ0v) is 8.61. The standard InChI is InChI=1S/C10H22N2/c1-9(2)10(12-4)7-5-6-8-11-3/h10-12H,1,5-8H2,2-4H3. The van der Waals surface area contributed by atoms with Crippen LogP contribution in [0, 0.1) is 0 Å². The first-order valence-corrected chi connectivity index (χ1v) is 4.69. The van der Waals surface area contributed by atoms with Gasteiger partial charge in [0, 0.05) is 6.04 Å². The molecule has 2 heteroatoms. The molecular weight excluding hydrogens is 148 g/mol. The average molecular weight is 170 g/mol. The fraction of sp³-hybridized carbons (Fsp3) is 0.800. The number of hydrogen-bond donors (Lipinski definition) is 2. The highest BCUT2D eigenvalue weighted by Gasteiger charge is 2.04. The van der Waals surface area contributed by atoms with Gasteiger partial charge in [0.25, 0.3) is 0 Å². The molecule has 0 aliphatic carbocycles. The highest BCUT2D eigenvalue weighted by molar-refractivity contribution is 5.00.